The van der Waals surface area contributed by atoms with Crippen LogP contribution in [0.2, 0.25) is 0 Å². The van der Waals surface area contributed by atoms with E-state index in [0.717, 1.165) is 0 Å². The van der Waals surface area contributed by atoms with Gasteiger partial charge in [-0.25, -0.2) is 0 Å². The van der Waals surface area contributed by atoms with Gasteiger partial charge in [0, 0.05) is 5.69 Å². The maximum absolute atomic E-state index is 12.2. The van der Waals surface area contributed by atoms with E-state index in [1.807, 2.05) is 6.07 Å². The maximum Gasteiger partial charge on any atom is 0.279 e. The molecule has 0 heterocycles. The lowest BCUT2D eigenvalue weighted by Crippen LogP contribution is -2.14. The van der Waals surface area contributed by atoms with Gasteiger partial charge in [-0.15, -0.1) is 5.11 Å². The van der Waals surface area contributed by atoms with Crippen molar-refractivity contribution >= 4 is 17.3 Å². The Morgan fingerprint density at radius 3 is 2.30 bits per heavy atom. The van der Waals surface area contributed by atoms with E-state index >= 15 is 0 Å². The second kappa shape index (κ2) is 7.74. The highest BCUT2D eigenvalue weighted by Gasteiger charge is 2.13. The minimum absolute atomic E-state index is 0.148. The fourth-order valence-corrected chi connectivity index (χ4v) is 1.75. The number of azo groups is 1. The average Bonchev–Trinajstić information content (AvgIpc) is 2.56. The molecule has 1 amide bonds. The van der Waals surface area contributed by atoms with E-state index < -0.39 is 5.91 Å². The number of ether oxygens (including phenoxy) is 1. The molecule has 2 rings (SSSR count). The van der Waals surface area contributed by atoms with Gasteiger partial charge in [-0.1, -0.05) is 18.2 Å². The standard InChI is InChI=1S/C17H17N3O3/c1-12(21)16(17(22)18-13-6-4-3-5-7-13)20-19-14-8-10-15(23-2)11-9-14/h3-11,21H,1-2H3,(H,18,22)/b16-12-,20-19?. The number of hydrogen-bond acceptors (Lipinski definition) is 5. The van der Waals surface area contributed by atoms with E-state index in [2.05, 4.69) is 15.5 Å². The number of benzene rings is 2. The summed E-state index contributed by atoms with van der Waals surface area (Å²) in [5.41, 5.74) is 0.998. The number of nitrogens with one attached hydrogen (secondary N) is 1. The van der Waals surface area contributed by atoms with Crippen LogP contribution in [0.15, 0.2) is 76.3 Å². The van der Waals surface area contributed by atoms with Crippen LogP contribution in [0.4, 0.5) is 11.4 Å². The molecule has 0 aliphatic carbocycles. The zero-order chi connectivity index (χ0) is 16.7. The number of carbonyl (C=O) groups excluding carboxylic acids is 1. The van der Waals surface area contributed by atoms with Gasteiger partial charge in [0.2, 0.25) is 0 Å². The zero-order valence-corrected chi connectivity index (χ0v) is 12.9. The van der Waals surface area contributed by atoms with E-state index in [0.29, 0.717) is 17.1 Å². The minimum atomic E-state index is -0.534. The smallest absolute Gasteiger partial charge is 0.279 e. The molecule has 0 aliphatic heterocycles. The van der Waals surface area contributed by atoms with Crippen molar-refractivity contribution in [3.63, 3.8) is 0 Å². The van der Waals surface area contributed by atoms with E-state index in [-0.39, 0.29) is 11.5 Å². The molecule has 0 atom stereocenters. The predicted octanol–water partition coefficient (Wildman–Crippen LogP) is 4.21. The number of methoxy groups -OCH3 is 1. The Morgan fingerprint density at radius 1 is 1.09 bits per heavy atom. The van der Waals surface area contributed by atoms with Crippen molar-refractivity contribution in [2.24, 2.45) is 10.2 Å². The summed E-state index contributed by atoms with van der Waals surface area (Å²) in [7, 11) is 1.57. The van der Waals surface area contributed by atoms with Crippen molar-refractivity contribution in [3.8, 4) is 5.75 Å². The van der Waals surface area contributed by atoms with E-state index in [9.17, 15) is 9.90 Å². The van der Waals surface area contributed by atoms with Gasteiger partial charge in [-0.2, -0.15) is 5.11 Å². The molecule has 0 spiro atoms. The fourth-order valence-electron chi connectivity index (χ4n) is 1.75. The monoisotopic (exact) mass is 311 g/mol. The SMILES string of the molecule is COc1ccc(N=N/C(C(=O)Nc2ccccc2)=C(/C)O)cc1. The second-order valence-corrected chi connectivity index (χ2v) is 4.65. The minimum Gasteiger partial charge on any atom is -0.510 e. The largest absolute Gasteiger partial charge is 0.510 e. The van der Waals surface area contributed by atoms with Crippen LogP contribution in [0.25, 0.3) is 0 Å². The third-order valence-electron chi connectivity index (χ3n) is 2.93. The Hall–Kier alpha value is -3.15. The summed E-state index contributed by atoms with van der Waals surface area (Å²) in [5.74, 6) is -0.0518. The topological polar surface area (TPSA) is 83.3 Å². The molecule has 0 bridgehead atoms. The fraction of sp³-hybridized carbons (Fsp3) is 0.118. The van der Waals surface area contributed by atoms with Gasteiger partial charge in [-0.05, 0) is 43.3 Å². The quantitative estimate of drug-likeness (QED) is 0.493. The van der Waals surface area contributed by atoms with Crippen molar-refractivity contribution in [2.45, 2.75) is 6.92 Å². The van der Waals surface area contributed by atoms with Crippen molar-refractivity contribution in [1.82, 2.24) is 0 Å². The van der Waals surface area contributed by atoms with E-state index in [4.69, 9.17) is 4.74 Å². The number of allylic oxidation sites excluding steroid dienone is 1. The molecule has 2 aromatic carbocycles. The van der Waals surface area contributed by atoms with Crippen LogP contribution in [0.3, 0.4) is 0 Å². The molecular weight excluding hydrogens is 294 g/mol. The lowest BCUT2D eigenvalue weighted by atomic mass is 10.3. The van der Waals surface area contributed by atoms with Crippen molar-refractivity contribution in [1.29, 1.82) is 0 Å². The second-order valence-electron chi connectivity index (χ2n) is 4.65. The van der Waals surface area contributed by atoms with Gasteiger partial charge >= 0.3 is 0 Å². The Bertz CT molecular complexity index is 719. The third kappa shape index (κ3) is 4.67. The number of amides is 1. The number of para-hydroxylation sites is 1. The Balaban J connectivity index is 2.13. The van der Waals surface area contributed by atoms with Crippen LogP contribution in [0.1, 0.15) is 6.92 Å². The lowest BCUT2D eigenvalue weighted by Gasteiger charge is -2.05. The number of aliphatic hydroxyl groups excluding tert-OH is 1. The lowest BCUT2D eigenvalue weighted by molar-refractivity contribution is -0.113. The van der Waals surface area contributed by atoms with Crippen LogP contribution >= 0.6 is 0 Å². The first-order valence-electron chi connectivity index (χ1n) is 6.92. The number of hydrogen-bond donors (Lipinski definition) is 2. The molecule has 0 aromatic heterocycles. The molecule has 0 saturated carbocycles. The van der Waals surface area contributed by atoms with Crippen molar-refractivity contribution in [2.75, 3.05) is 12.4 Å². The average molecular weight is 311 g/mol. The molecule has 6 nitrogen and oxygen atoms in total. The van der Waals surface area contributed by atoms with Gasteiger partial charge in [-0.3, -0.25) is 4.79 Å². The Morgan fingerprint density at radius 2 is 1.74 bits per heavy atom. The van der Waals surface area contributed by atoms with Crippen LogP contribution in [-0.2, 0) is 4.79 Å². The number of anilines is 1. The summed E-state index contributed by atoms with van der Waals surface area (Å²) in [6.45, 7) is 1.38. The van der Waals surface area contributed by atoms with Crippen molar-refractivity contribution < 1.29 is 14.6 Å². The summed E-state index contributed by atoms with van der Waals surface area (Å²) in [5, 5.41) is 20.1. The van der Waals surface area contributed by atoms with Gasteiger partial charge < -0.3 is 15.2 Å². The molecule has 2 aromatic rings. The summed E-state index contributed by atoms with van der Waals surface area (Å²) in [4.78, 5) is 12.2. The number of aliphatic hydroxyl groups is 1. The summed E-state index contributed by atoms with van der Waals surface area (Å²) < 4.78 is 5.05. The first-order valence-corrected chi connectivity index (χ1v) is 6.92. The highest BCUT2D eigenvalue weighted by Crippen LogP contribution is 2.19. The highest BCUT2D eigenvalue weighted by atomic mass is 16.5. The van der Waals surface area contributed by atoms with Crippen LogP contribution in [0, 0.1) is 0 Å². The maximum atomic E-state index is 12.2. The van der Waals surface area contributed by atoms with Gasteiger partial charge in [0.15, 0.2) is 5.70 Å². The van der Waals surface area contributed by atoms with Gasteiger partial charge in [0.25, 0.3) is 5.91 Å². The highest BCUT2D eigenvalue weighted by molar-refractivity contribution is 6.03. The van der Waals surface area contributed by atoms with Crippen LogP contribution in [-0.4, -0.2) is 18.1 Å². The Labute approximate surface area is 134 Å². The predicted molar refractivity (Wildman–Crippen MR) is 87.9 cm³/mol. The van der Waals surface area contributed by atoms with E-state index in [1.54, 1.807) is 55.6 Å². The van der Waals surface area contributed by atoms with Crippen LogP contribution < -0.4 is 10.1 Å². The number of rotatable bonds is 5. The first-order chi connectivity index (χ1) is 11.1. The Kier molecular flexibility index (Phi) is 5.46. The third-order valence-corrected chi connectivity index (χ3v) is 2.93. The summed E-state index contributed by atoms with van der Waals surface area (Å²) in [6, 6.07) is 15.8. The van der Waals surface area contributed by atoms with Crippen LogP contribution in [0.5, 0.6) is 5.75 Å². The molecular formula is C17H17N3O3. The molecule has 0 radical (unpaired) electrons. The van der Waals surface area contributed by atoms with Gasteiger partial charge in [0.05, 0.1) is 12.8 Å². The molecule has 0 unspecified atom stereocenters. The first kappa shape index (κ1) is 16.2. The molecule has 0 aliphatic rings. The zero-order valence-electron chi connectivity index (χ0n) is 12.9. The summed E-state index contributed by atoms with van der Waals surface area (Å²) >= 11 is 0. The molecule has 2 N–H and O–H groups in total. The number of nitrogens with zero attached hydrogens (tertiary/aromatic N) is 2. The molecule has 0 saturated heterocycles. The summed E-state index contributed by atoms with van der Waals surface area (Å²) in [6.07, 6.45) is 0. The normalized spacial score (nSPS) is 11.9. The van der Waals surface area contributed by atoms with Crippen molar-refractivity contribution in [3.05, 3.63) is 66.1 Å². The molecule has 118 valence electrons. The van der Waals surface area contributed by atoms with E-state index in [1.165, 1.54) is 6.92 Å². The molecule has 6 heteroatoms. The molecule has 23 heavy (non-hydrogen) atoms. The van der Waals surface area contributed by atoms with Gasteiger partial charge in [0.1, 0.15) is 11.5 Å². The molecule has 0 fully saturated rings. The number of carbonyl (C=O) groups is 1.